The first-order chi connectivity index (χ1) is 15.6. The lowest BCUT2D eigenvalue weighted by molar-refractivity contribution is 0.0473. The summed E-state index contributed by atoms with van der Waals surface area (Å²) in [6, 6.07) is 9.70. The van der Waals surface area contributed by atoms with Crippen molar-refractivity contribution in [2.24, 2.45) is 0 Å². The zero-order chi connectivity index (χ0) is 23.9. The maximum Gasteiger partial charge on any atom is 0.338 e. The summed E-state index contributed by atoms with van der Waals surface area (Å²) in [6.07, 6.45) is 0. The van der Waals surface area contributed by atoms with Gasteiger partial charge in [-0.3, -0.25) is 4.72 Å². The van der Waals surface area contributed by atoms with E-state index < -0.39 is 21.8 Å². The number of aryl methyl sites for hydroxylation is 1. The molecule has 0 saturated carbocycles. The highest BCUT2D eigenvalue weighted by Crippen LogP contribution is 2.40. The Hall–Kier alpha value is -3.30. The third-order valence-corrected chi connectivity index (χ3v) is 6.86. The van der Waals surface area contributed by atoms with Crippen LogP contribution in [0.3, 0.4) is 0 Å². The van der Waals surface area contributed by atoms with Crippen LogP contribution in [0.4, 0.5) is 10.1 Å². The predicted octanol–water partition coefficient (Wildman–Crippen LogP) is 4.94. The standard InChI is InChI=1S/C23H19ClFNO6S/c1-12-6-14-8-19(21(12)30-2)26-33(28,29)20-9-15(7-18(24)22(20)31-3)23(27)32-11-13-4-5-16(25)10-17(13)14/h4-10,26H,11H2,1-3H3. The van der Waals surface area contributed by atoms with Gasteiger partial charge >= 0.3 is 5.97 Å². The number of nitrogens with one attached hydrogen (secondary N) is 1. The number of hydrogen-bond donors (Lipinski definition) is 1. The zero-order valence-electron chi connectivity index (χ0n) is 17.9. The molecule has 0 aromatic heterocycles. The number of carbonyl (C=O) groups excluding carboxylic acids is 1. The zero-order valence-corrected chi connectivity index (χ0v) is 19.4. The first-order valence-electron chi connectivity index (χ1n) is 9.69. The number of rotatable bonds is 2. The number of hydrogen-bond acceptors (Lipinski definition) is 6. The summed E-state index contributed by atoms with van der Waals surface area (Å²) >= 11 is 6.22. The maximum absolute atomic E-state index is 14.1. The highest BCUT2D eigenvalue weighted by atomic mass is 35.5. The van der Waals surface area contributed by atoms with Crippen LogP contribution in [-0.4, -0.2) is 28.6 Å². The quantitative estimate of drug-likeness (QED) is 0.510. The number of cyclic esters (lactones) is 1. The fraction of sp³-hybridized carbons (Fsp3) is 0.174. The van der Waals surface area contributed by atoms with E-state index in [4.69, 9.17) is 25.8 Å². The second-order valence-electron chi connectivity index (χ2n) is 7.35. The smallest absolute Gasteiger partial charge is 0.338 e. The molecule has 0 amide bonds. The lowest BCUT2D eigenvalue weighted by Crippen LogP contribution is -2.16. The number of halogens is 2. The van der Waals surface area contributed by atoms with Crippen LogP contribution >= 0.6 is 11.6 Å². The molecule has 3 aromatic rings. The molecule has 0 saturated heterocycles. The van der Waals surface area contributed by atoms with E-state index >= 15 is 0 Å². The minimum absolute atomic E-state index is 0.0819. The van der Waals surface area contributed by atoms with Crippen molar-refractivity contribution in [3.05, 3.63) is 70.0 Å². The van der Waals surface area contributed by atoms with Crippen LogP contribution in [-0.2, 0) is 21.4 Å². The largest absolute Gasteiger partial charge is 0.494 e. The van der Waals surface area contributed by atoms with Crippen molar-refractivity contribution in [1.29, 1.82) is 0 Å². The molecule has 3 aromatic carbocycles. The van der Waals surface area contributed by atoms with Gasteiger partial charge < -0.3 is 14.2 Å². The van der Waals surface area contributed by atoms with Crippen molar-refractivity contribution in [1.82, 2.24) is 0 Å². The summed E-state index contributed by atoms with van der Waals surface area (Å²) in [7, 11) is -1.63. The lowest BCUT2D eigenvalue weighted by Gasteiger charge is -2.18. The summed E-state index contributed by atoms with van der Waals surface area (Å²) in [4.78, 5) is 12.4. The summed E-state index contributed by atoms with van der Waals surface area (Å²) in [6.45, 7) is 1.56. The van der Waals surface area contributed by atoms with E-state index in [1.54, 1.807) is 13.0 Å². The number of methoxy groups -OCH3 is 2. The Morgan fingerprint density at radius 1 is 1.03 bits per heavy atom. The third-order valence-electron chi connectivity index (χ3n) is 5.20. The Morgan fingerprint density at radius 3 is 2.45 bits per heavy atom. The number of ether oxygens (including phenoxy) is 3. The van der Waals surface area contributed by atoms with Crippen LogP contribution < -0.4 is 14.2 Å². The van der Waals surface area contributed by atoms with E-state index in [1.807, 2.05) is 0 Å². The van der Waals surface area contributed by atoms with Gasteiger partial charge in [0.2, 0.25) is 0 Å². The molecule has 33 heavy (non-hydrogen) atoms. The van der Waals surface area contributed by atoms with Gasteiger partial charge in [-0.15, -0.1) is 0 Å². The topological polar surface area (TPSA) is 90.9 Å². The number of benzene rings is 3. The van der Waals surface area contributed by atoms with Gasteiger partial charge in [0.25, 0.3) is 10.0 Å². The van der Waals surface area contributed by atoms with Gasteiger partial charge in [-0.25, -0.2) is 17.6 Å². The summed E-state index contributed by atoms with van der Waals surface area (Å²) < 4.78 is 59.4. The lowest BCUT2D eigenvalue weighted by atomic mass is 9.97. The van der Waals surface area contributed by atoms with Gasteiger partial charge in [-0.1, -0.05) is 17.7 Å². The van der Waals surface area contributed by atoms with E-state index in [0.717, 1.165) is 6.07 Å². The fourth-order valence-corrected chi connectivity index (χ4v) is 5.35. The number of carbonyl (C=O) groups is 1. The number of sulfonamides is 1. The van der Waals surface area contributed by atoms with Crippen molar-refractivity contribution in [2.45, 2.75) is 18.4 Å². The molecule has 1 aliphatic rings. The average Bonchev–Trinajstić information content (AvgIpc) is 2.76. The Bertz CT molecular complexity index is 1390. The van der Waals surface area contributed by atoms with Crippen molar-refractivity contribution < 1.29 is 31.8 Å². The van der Waals surface area contributed by atoms with Crippen molar-refractivity contribution in [3.63, 3.8) is 0 Å². The molecule has 1 N–H and O–H groups in total. The second-order valence-corrected chi connectivity index (χ2v) is 9.40. The summed E-state index contributed by atoms with van der Waals surface area (Å²) in [5.41, 5.74) is 2.12. The molecule has 0 fully saturated rings. The SMILES string of the molecule is COc1c(C)cc2cc1NS(=O)(=O)c1cc(cc(Cl)c1OC)C(=O)OCc1ccc(F)cc1-2. The van der Waals surface area contributed by atoms with Gasteiger partial charge in [0.05, 0.1) is 30.5 Å². The van der Waals surface area contributed by atoms with Crippen LogP contribution in [0.25, 0.3) is 11.1 Å². The van der Waals surface area contributed by atoms with E-state index in [-0.39, 0.29) is 39.3 Å². The van der Waals surface area contributed by atoms with E-state index in [9.17, 15) is 17.6 Å². The number of anilines is 1. The maximum atomic E-state index is 14.1. The molecule has 0 spiro atoms. The molecular formula is C23H19ClFNO6S. The van der Waals surface area contributed by atoms with E-state index in [0.29, 0.717) is 22.3 Å². The Morgan fingerprint density at radius 2 is 1.76 bits per heavy atom. The van der Waals surface area contributed by atoms with E-state index in [1.165, 1.54) is 44.6 Å². The van der Waals surface area contributed by atoms with Crippen LogP contribution in [0.2, 0.25) is 5.02 Å². The molecular weight excluding hydrogens is 473 g/mol. The average molecular weight is 492 g/mol. The first-order valence-corrected chi connectivity index (χ1v) is 11.6. The molecule has 10 heteroatoms. The Labute approximate surface area is 195 Å². The molecule has 7 nitrogen and oxygen atoms in total. The van der Waals surface area contributed by atoms with Crippen LogP contribution in [0, 0.1) is 12.7 Å². The molecule has 0 radical (unpaired) electrons. The normalized spacial score (nSPS) is 14.5. The van der Waals surface area contributed by atoms with Crippen LogP contribution in [0.5, 0.6) is 11.5 Å². The molecule has 0 unspecified atom stereocenters. The number of esters is 1. The van der Waals surface area contributed by atoms with Gasteiger partial charge in [-0.2, -0.15) is 0 Å². The highest BCUT2D eigenvalue weighted by Gasteiger charge is 2.27. The Balaban J connectivity index is 2.04. The van der Waals surface area contributed by atoms with Gasteiger partial charge in [0.15, 0.2) is 5.75 Å². The molecule has 172 valence electrons. The van der Waals surface area contributed by atoms with Crippen molar-refractivity contribution >= 4 is 33.3 Å². The molecule has 0 atom stereocenters. The van der Waals surface area contributed by atoms with Crippen LogP contribution in [0.1, 0.15) is 21.5 Å². The monoisotopic (exact) mass is 491 g/mol. The summed E-state index contributed by atoms with van der Waals surface area (Å²) in [5.74, 6) is -1.15. The second kappa shape index (κ2) is 8.57. The summed E-state index contributed by atoms with van der Waals surface area (Å²) in [5, 5.41) is -0.0819. The molecule has 4 bridgehead atoms. The highest BCUT2D eigenvalue weighted by molar-refractivity contribution is 7.92. The Kier molecular flexibility index (Phi) is 5.94. The first kappa shape index (κ1) is 22.9. The van der Waals surface area contributed by atoms with E-state index in [2.05, 4.69) is 4.72 Å². The minimum atomic E-state index is -4.30. The fourth-order valence-electron chi connectivity index (χ4n) is 3.73. The third kappa shape index (κ3) is 4.21. The minimum Gasteiger partial charge on any atom is -0.494 e. The predicted molar refractivity (Wildman–Crippen MR) is 121 cm³/mol. The van der Waals surface area contributed by atoms with Gasteiger partial charge in [-0.05, 0) is 65.6 Å². The number of fused-ring (bicyclic) bond motifs is 6. The van der Waals surface area contributed by atoms with Crippen LogP contribution in [0.15, 0.2) is 47.4 Å². The van der Waals surface area contributed by atoms with Gasteiger partial charge in [0, 0.05) is 0 Å². The van der Waals surface area contributed by atoms with Crippen molar-refractivity contribution in [2.75, 3.05) is 18.9 Å². The van der Waals surface area contributed by atoms with Crippen molar-refractivity contribution in [3.8, 4) is 22.6 Å². The molecule has 0 aliphatic carbocycles. The molecule has 4 rings (SSSR count). The molecule has 1 heterocycles. The van der Waals surface area contributed by atoms with Gasteiger partial charge in [0.1, 0.15) is 23.1 Å². The molecule has 1 aliphatic heterocycles.